The molecular formula is C17H28N4O2. The number of hydrogen-bond acceptors (Lipinski definition) is 5. The molecule has 1 heterocycles. The van der Waals surface area contributed by atoms with Gasteiger partial charge >= 0.3 is 6.09 Å². The molecule has 6 heteroatoms. The molecule has 1 amide bonds. The van der Waals surface area contributed by atoms with Gasteiger partial charge in [-0.3, -0.25) is 0 Å². The van der Waals surface area contributed by atoms with Crippen LogP contribution in [0.5, 0.6) is 0 Å². The van der Waals surface area contributed by atoms with Gasteiger partial charge in [-0.1, -0.05) is 12.8 Å². The third kappa shape index (κ3) is 5.78. The molecule has 0 atom stereocenters. The lowest BCUT2D eigenvalue weighted by atomic mass is 9.97. The van der Waals surface area contributed by atoms with Crippen molar-refractivity contribution in [3.05, 3.63) is 23.8 Å². The summed E-state index contributed by atoms with van der Waals surface area (Å²) in [7, 11) is 0. The zero-order valence-corrected chi connectivity index (χ0v) is 14.6. The zero-order chi connectivity index (χ0) is 16.9. The predicted octanol–water partition coefficient (Wildman–Crippen LogP) is 2.71. The number of aryl methyl sites for hydroxylation is 1. The van der Waals surface area contributed by atoms with E-state index in [1.807, 2.05) is 33.8 Å². The van der Waals surface area contributed by atoms with Crippen molar-refractivity contribution in [2.24, 2.45) is 0 Å². The second-order valence-corrected chi connectivity index (χ2v) is 7.29. The van der Waals surface area contributed by atoms with Gasteiger partial charge in [0.15, 0.2) is 0 Å². The van der Waals surface area contributed by atoms with E-state index in [9.17, 15) is 4.79 Å². The quantitative estimate of drug-likeness (QED) is 0.872. The summed E-state index contributed by atoms with van der Waals surface area (Å²) in [5.74, 6) is 0.775. The van der Waals surface area contributed by atoms with Gasteiger partial charge in [0.25, 0.3) is 0 Å². The Morgan fingerprint density at radius 1 is 1.35 bits per heavy atom. The molecule has 0 aromatic carbocycles. The number of hydrogen-bond donors (Lipinski definition) is 2. The highest BCUT2D eigenvalue weighted by molar-refractivity contribution is 5.67. The lowest BCUT2D eigenvalue weighted by molar-refractivity contribution is 0.0509. The summed E-state index contributed by atoms with van der Waals surface area (Å²) < 4.78 is 5.32. The highest BCUT2D eigenvalue weighted by atomic mass is 16.6. The van der Waals surface area contributed by atoms with Gasteiger partial charge in [-0.05, 0) is 46.6 Å². The first-order valence-electron chi connectivity index (χ1n) is 8.28. The maximum Gasteiger partial charge on any atom is 0.407 e. The molecule has 0 saturated heterocycles. The van der Waals surface area contributed by atoms with E-state index in [0.717, 1.165) is 24.4 Å². The molecule has 1 aliphatic carbocycles. The Balaban J connectivity index is 1.90. The first-order valence-corrected chi connectivity index (χ1v) is 8.28. The second kappa shape index (κ2) is 7.25. The summed E-state index contributed by atoms with van der Waals surface area (Å²) in [4.78, 5) is 20.4. The average Bonchev–Trinajstić information content (AvgIpc) is 2.91. The SMILES string of the molecule is Cc1nccc(CNC2(CNC(=O)OC(C)(C)C)CCCC2)n1. The van der Waals surface area contributed by atoms with Crippen LogP contribution >= 0.6 is 0 Å². The van der Waals surface area contributed by atoms with Crippen LogP contribution in [0.2, 0.25) is 0 Å². The molecule has 1 aromatic heterocycles. The fourth-order valence-electron chi connectivity index (χ4n) is 2.91. The van der Waals surface area contributed by atoms with E-state index in [1.54, 1.807) is 6.20 Å². The number of ether oxygens (including phenoxy) is 1. The maximum atomic E-state index is 11.9. The van der Waals surface area contributed by atoms with Crippen LogP contribution in [0.1, 0.15) is 58.0 Å². The Morgan fingerprint density at radius 2 is 2.04 bits per heavy atom. The summed E-state index contributed by atoms with van der Waals surface area (Å²) in [5.41, 5.74) is 0.426. The summed E-state index contributed by atoms with van der Waals surface area (Å²) in [6.45, 7) is 8.75. The predicted molar refractivity (Wildman–Crippen MR) is 89.0 cm³/mol. The number of carbonyl (C=O) groups is 1. The highest BCUT2D eigenvalue weighted by Gasteiger charge is 2.34. The second-order valence-electron chi connectivity index (χ2n) is 7.29. The van der Waals surface area contributed by atoms with Crippen molar-refractivity contribution in [3.8, 4) is 0 Å². The molecule has 0 spiro atoms. The zero-order valence-electron chi connectivity index (χ0n) is 14.6. The maximum absolute atomic E-state index is 11.9. The normalized spacial score (nSPS) is 17.0. The van der Waals surface area contributed by atoms with E-state index in [1.165, 1.54) is 12.8 Å². The molecule has 128 valence electrons. The summed E-state index contributed by atoms with van der Waals surface area (Å²) >= 11 is 0. The first-order chi connectivity index (χ1) is 10.8. The van der Waals surface area contributed by atoms with Crippen LogP contribution in [0.15, 0.2) is 12.3 Å². The van der Waals surface area contributed by atoms with Gasteiger partial charge in [-0.15, -0.1) is 0 Å². The van der Waals surface area contributed by atoms with Crippen molar-refractivity contribution in [2.75, 3.05) is 6.54 Å². The van der Waals surface area contributed by atoms with E-state index >= 15 is 0 Å². The molecule has 1 aliphatic rings. The third-order valence-corrected chi connectivity index (χ3v) is 4.01. The molecule has 23 heavy (non-hydrogen) atoms. The van der Waals surface area contributed by atoms with E-state index in [-0.39, 0.29) is 11.6 Å². The minimum Gasteiger partial charge on any atom is -0.444 e. The van der Waals surface area contributed by atoms with Crippen LogP contribution in [0.3, 0.4) is 0 Å². The van der Waals surface area contributed by atoms with Gasteiger partial charge < -0.3 is 15.4 Å². The number of amides is 1. The largest absolute Gasteiger partial charge is 0.444 e. The number of carbonyl (C=O) groups excluding carboxylic acids is 1. The minimum atomic E-state index is -0.473. The number of rotatable bonds is 5. The van der Waals surface area contributed by atoms with Gasteiger partial charge in [0.1, 0.15) is 11.4 Å². The smallest absolute Gasteiger partial charge is 0.407 e. The Kier molecular flexibility index (Phi) is 5.57. The van der Waals surface area contributed by atoms with Crippen LogP contribution in [-0.2, 0) is 11.3 Å². The first kappa shape index (κ1) is 17.7. The van der Waals surface area contributed by atoms with Crippen LogP contribution in [0.25, 0.3) is 0 Å². The van der Waals surface area contributed by atoms with Gasteiger partial charge in [-0.2, -0.15) is 0 Å². The van der Waals surface area contributed by atoms with Crippen LogP contribution in [0, 0.1) is 6.92 Å². The Hall–Kier alpha value is -1.69. The van der Waals surface area contributed by atoms with Gasteiger partial charge in [0.05, 0.1) is 5.69 Å². The molecule has 1 fully saturated rings. The molecule has 0 radical (unpaired) electrons. The average molecular weight is 320 g/mol. The van der Waals surface area contributed by atoms with Crippen molar-refractivity contribution >= 4 is 6.09 Å². The van der Waals surface area contributed by atoms with Crippen molar-refractivity contribution < 1.29 is 9.53 Å². The van der Waals surface area contributed by atoms with Crippen molar-refractivity contribution in [1.29, 1.82) is 0 Å². The third-order valence-electron chi connectivity index (χ3n) is 4.01. The molecule has 2 rings (SSSR count). The Labute approximate surface area is 138 Å². The molecule has 0 aliphatic heterocycles. The van der Waals surface area contributed by atoms with Crippen molar-refractivity contribution in [3.63, 3.8) is 0 Å². The van der Waals surface area contributed by atoms with Crippen LogP contribution in [-0.4, -0.2) is 33.7 Å². The molecule has 1 aromatic rings. The molecule has 1 saturated carbocycles. The van der Waals surface area contributed by atoms with E-state index < -0.39 is 5.60 Å². The van der Waals surface area contributed by atoms with E-state index in [2.05, 4.69) is 20.6 Å². The topological polar surface area (TPSA) is 76.1 Å². The number of nitrogens with one attached hydrogen (secondary N) is 2. The van der Waals surface area contributed by atoms with Crippen LogP contribution in [0.4, 0.5) is 4.79 Å². The molecule has 0 unspecified atom stereocenters. The summed E-state index contributed by atoms with van der Waals surface area (Å²) in [6, 6.07) is 1.92. The van der Waals surface area contributed by atoms with Crippen LogP contribution < -0.4 is 10.6 Å². The highest BCUT2D eigenvalue weighted by Crippen LogP contribution is 2.29. The van der Waals surface area contributed by atoms with Gasteiger partial charge in [0, 0.05) is 24.8 Å². The number of alkyl carbamates (subject to hydrolysis) is 1. The number of nitrogens with zero attached hydrogens (tertiary/aromatic N) is 2. The van der Waals surface area contributed by atoms with E-state index in [0.29, 0.717) is 13.1 Å². The van der Waals surface area contributed by atoms with Crippen molar-refractivity contribution in [2.45, 2.75) is 71.1 Å². The van der Waals surface area contributed by atoms with Gasteiger partial charge in [0.2, 0.25) is 0 Å². The van der Waals surface area contributed by atoms with Crippen molar-refractivity contribution in [1.82, 2.24) is 20.6 Å². The van der Waals surface area contributed by atoms with Gasteiger partial charge in [-0.25, -0.2) is 14.8 Å². The minimum absolute atomic E-state index is 0.0737. The lowest BCUT2D eigenvalue weighted by Gasteiger charge is -2.31. The summed E-state index contributed by atoms with van der Waals surface area (Å²) in [5, 5.41) is 6.51. The summed E-state index contributed by atoms with van der Waals surface area (Å²) in [6.07, 6.45) is 5.86. The standard InChI is InChI=1S/C17H28N4O2/c1-13-18-10-7-14(21-13)11-20-17(8-5-6-9-17)12-19-15(22)23-16(2,3)4/h7,10,20H,5-6,8-9,11-12H2,1-4H3,(H,19,22). The fourth-order valence-corrected chi connectivity index (χ4v) is 2.91. The lowest BCUT2D eigenvalue weighted by Crippen LogP contribution is -2.52. The monoisotopic (exact) mass is 320 g/mol. The molecule has 0 bridgehead atoms. The molecule has 6 nitrogen and oxygen atoms in total. The molecular weight excluding hydrogens is 292 g/mol. The van der Waals surface area contributed by atoms with E-state index in [4.69, 9.17) is 4.74 Å². The number of aromatic nitrogens is 2. The Morgan fingerprint density at radius 3 is 2.65 bits per heavy atom. The molecule has 2 N–H and O–H groups in total. The Bertz CT molecular complexity index is 534. The fraction of sp³-hybridized carbons (Fsp3) is 0.706.